The van der Waals surface area contributed by atoms with Crippen molar-refractivity contribution in [1.29, 1.82) is 0 Å². The van der Waals surface area contributed by atoms with E-state index in [4.69, 9.17) is 16.0 Å². The van der Waals surface area contributed by atoms with E-state index in [1.54, 1.807) is 0 Å². The molecule has 142 valence electrons. The molecule has 0 unspecified atom stereocenters. The Morgan fingerprint density at radius 3 is 2.78 bits per heavy atom. The summed E-state index contributed by atoms with van der Waals surface area (Å²) < 4.78 is 6.80. The fourth-order valence-corrected chi connectivity index (χ4v) is 5.34. The summed E-state index contributed by atoms with van der Waals surface area (Å²) in [6.45, 7) is 0. The highest BCUT2D eigenvalue weighted by molar-refractivity contribution is 7.99. The molecule has 2 heterocycles. The molecule has 3 aromatic rings. The normalized spacial score (nSPS) is 15.7. The molecule has 0 bridgehead atoms. The van der Waals surface area contributed by atoms with E-state index in [9.17, 15) is 4.79 Å². The Balaban J connectivity index is 1.37. The Hall–Kier alpha value is -1.57. The molecule has 2 aromatic heterocycles. The average Bonchev–Trinajstić information content (AvgIpc) is 3.18. The van der Waals surface area contributed by atoms with Gasteiger partial charge in [0.05, 0.1) is 10.8 Å². The minimum absolute atomic E-state index is 0.0199. The smallest absolute Gasteiger partial charge is 0.277 e. The van der Waals surface area contributed by atoms with Gasteiger partial charge in [-0.15, -0.1) is 21.5 Å². The molecule has 5 nitrogen and oxygen atoms in total. The van der Waals surface area contributed by atoms with Crippen LogP contribution in [0.1, 0.15) is 38.5 Å². The van der Waals surface area contributed by atoms with E-state index in [1.807, 2.05) is 24.3 Å². The number of fused-ring (bicyclic) bond motifs is 1. The molecular formula is C19H20ClN3O2S2. The number of carbonyl (C=O) groups excluding carboxylic acids is 1. The van der Waals surface area contributed by atoms with E-state index in [2.05, 4.69) is 15.5 Å². The van der Waals surface area contributed by atoms with Gasteiger partial charge in [-0.2, -0.15) is 0 Å². The summed E-state index contributed by atoms with van der Waals surface area (Å²) in [7, 11) is 0. The maximum Gasteiger partial charge on any atom is 0.277 e. The first-order chi connectivity index (χ1) is 13.2. The molecule has 1 N–H and O–H groups in total. The van der Waals surface area contributed by atoms with E-state index < -0.39 is 0 Å². The molecule has 1 amide bonds. The number of nitrogens with zero attached hydrogens (tertiary/aromatic N) is 2. The first-order valence-electron chi connectivity index (χ1n) is 9.14. The van der Waals surface area contributed by atoms with Gasteiger partial charge >= 0.3 is 0 Å². The summed E-state index contributed by atoms with van der Waals surface area (Å²) in [5, 5.41) is 13.3. The van der Waals surface area contributed by atoms with Gasteiger partial charge in [-0.25, -0.2) is 0 Å². The van der Waals surface area contributed by atoms with E-state index in [0.29, 0.717) is 22.2 Å². The number of hydrogen-bond acceptors (Lipinski definition) is 6. The molecule has 4 rings (SSSR count). The van der Waals surface area contributed by atoms with Gasteiger partial charge in [0.1, 0.15) is 4.88 Å². The molecule has 1 aliphatic rings. The number of hydrogen-bond donors (Lipinski definition) is 1. The molecule has 1 aliphatic carbocycles. The van der Waals surface area contributed by atoms with Crippen molar-refractivity contribution >= 4 is 50.7 Å². The lowest BCUT2D eigenvalue weighted by Crippen LogP contribution is -2.35. The zero-order valence-electron chi connectivity index (χ0n) is 14.7. The molecule has 8 heteroatoms. The second-order valence-corrected chi connectivity index (χ2v) is 9.02. The predicted octanol–water partition coefficient (Wildman–Crippen LogP) is 5.54. The number of aromatic nitrogens is 2. The second-order valence-electron chi connectivity index (χ2n) is 6.66. The zero-order chi connectivity index (χ0) is 18.6. The van der Waals surface area contributed by atoms with Crippen LogP contribution in [0.2, 0.25) is 5.02 Å². The molecule has 27 heavy (non-hydrogen) atoms. The minimum atomic E-state index is 0.0199. The third kappa shape index (κ3) is 4.47. The van der Waals surface area contributed by atoms with Crippen molar-refractivity contribution in [3.63, 3.8) is 0 Å². The summed E-state index contributed by atoms with van der Waals surface area (Å²) in [6.07, 6.45) is 7.08. The van der Waals surface area contributed by atoms with Crippen molar-refractivity contribution in [2.45, 2.75) is 49.8 Å². The summed E-state index contributed by atoms with van der Waals surface area (Å²) >= 11 is 9.24. The molecule has 1 fully saturated rings. The molecule has 1 aromatic carbocycles. The van der Waals surface area contributed by atoms with Crippen LogP contribution in [0.25, 0.3) is 20.9 Å². The molecule has 1 saturated carbocycles. The van der Waals surface area contributed by atoms with Gasteiger partial charge in [0.15, 0.2) is 0 Å². The maximum absolute atomic E-state index is 12.2. The Morgan fingerprint density at radius 2 is 2.00 bits per heavy atom. The van der Waals surface area contributed by atoms with Crippen LogP contribution in [0.5, 0.6) is 0 Å². The summed E-state index contributed by atoms with van der Waals surface area (Å²) in [5.74, 6) is 0.692. The van der Waals surface area contributed by atoms with Crippen molar-refractivity contribution in [1.82, 2.24) is 15.5 Å². The van der Waals surface area contributed by atoms with Gasteiger partial charge in [-0.05, 0) is 18.9 Å². The van der Waals surface area contributed by atoms with Crippen molar-refractivity contribution in [2.24, 2.45) is 0 Å². The zero-order valence-corrected chi connectivity index (χ0v) is 17.1. The van der Waals surface area contributed by atoms with Crippen LogP contribution in [0, 0.1) is 0 Å². The predicted molar refractivity (Wildman–Crippen MR) is 110 cm³/mol. The van der Waals surface area contributed by atoms with Crippen LogP contribution in [0.3, 0.4) is 0 Å². The van der Waals surface area contributed by atoms with E-state index in [-0.39, 0.29) is 11.7 Å². The first kappa shape index (κ1) is 18.8. The van der Waals surface area contributed by atoms with Gasteiger partial charge in [0.25, 0.3) is 11.1 Å². The number of benzene rings is 1. The Bertz CT molecular complexity index is 932. The van der Waals surface area contributed by atoms with E-state index in [1.165, 1.54) is 48.8 Å². The minimum Gasteiger partial charge on any atom is -0.410 e. The Kier molecular flexibility index (Phi) is 6.00. The largest absolute Gasteiger partial charge is 0.410 e. The van der Waals surface area contributed by atoms with Gasteiger partial charge in [0.2, 0.25) is 5.91 Å². The van der Waals surface area contributed by atoms with Crippen LogP contribution >= 0.6 is 34.7 Å². The van der Waals surface area contributed by atoms with Crippen LogP contribution in [0.4, 0.5) is 0 Å². The first-order valence-corrected chi connectivity index (χ1v) is 11.3. The van der Waals surface area contributed by atoms with Crippen LogP contribution < -0.4 is 5.32 Å². The van der Waals surface area contributed by atoms with Crippen LogP contribution in [0.15, 0.2) is 33.9 Å². The summed E-state index contributed by atoms with van der Waals surface area (Å²) in [5.41, 5.74) is 0. The average molecular weight is 422 g/mol. The van der Waals surface area contributed by atoms with Crippen molar-refractivity contribution in [3.8, 4) is 10.8 Å². The fourth-order valence-electron chi connectivity index (χ4n) is 3.33. The Morgan fingerprint density at radius 1 is 1.22 bits per heavy atom. The molecule has 0 radical (unpaired) electrons. The topological polar surface area (TPSA) is 68.0 Å². The van der Waals surface area contributed by atoms with Crippen LogP contribution in [-0.4, -0.2) is 27.9 Å². The van der Waals surface area contributed by atoms with Gasteiger partial charge in [0, 0.05) is 16.1 Å². The molecule has 0 spiro atoms. The van der Waals surface area contributed by atoms with Gasteiger partial charge < -0.3 is 9.73 Å². The summed E-state index contributed by atoms with van der Waals surface area (Å²) in [4.78, 5) is 13.0. The number of nitrogens with one attached hydrogen (secondary N) is 1. The van der Waals surface area contributed by atoms with Crippen LogP contribution in [-0.2, 0) is 4.79 Å². The number of thiophene rings is 1. The van der Waals surface area contributed by atoms with Crippen molar-refractivity contribution in [2.75, 3.05) is 5.75 Å². The number of rotatable bonds is 5. The van der Waals surface area contributed by atoms with Gasteiger partial charge in [-0.1, -0.05) is 67.2 Å². The van der Waals surface area contributed by atoms with Crippen molar-refractivity contribution in [3.05, 3.63) is 29.3 Å². The third-order valence-electron chi connectivity index (χ3n) is 4.68. The molecule has 0 saturated heterocycles. The standard InChI is InChI=1S/C19H20ClN3O2S2/c20-16-13-9-5-6-10-14(13)27-17(16)18-22-23-19(25-18)26-11-15(24)21-12-7-3-1-2-4-8-12/h5-6,9-10,12H,1-4,7-8,11H2,(H,21,24). The summed E-state index contributed by atoms with van der Waals surface area (Å²) in [6, 6.07) is 8.21. The molecular weight excluding hydrogens is 402 g/mol. The number of amides is 1. The highest BCUT2D eigenvalue weighted by Crippen LogP contribution is 2.41. The molecule has 0 aliphatic heterocycles. The highest BCUT2D eigenvalue weighted by Gasteiger charge is 2.19. The van der Waals surface area contributed by atoms with E-state index >= 15 is 0 Å². The Labute approximate surface area is 170 Å². The van der Waals surface area contributed by atoms with E-state index in [0.717, 1.165) is 27.8 Å². The van der Waals surface area contributed by atoms with Gasteiger partial charge in [-0.3, -0.25) is 4.79 Å². The lowest BCUT2D eigenvalue weighted by atomic mass is 10.1. The highest BCUT2D eigenvalue weighted by atomic mass is 35.5. The van der Waals surface area contributed by atoms with Crippen molar-refractivity contribution < 1.29 is 9.21 Å². The third-order valence-corrected chi connectivity index (χ3v) is 7.16. The molecule has 0 atom stereocenters. The SMILES string of the molecule is O=C(CSc1nnc(-c2sc3ccccc3c2Cl)o1)NC1CCCCCC1. The quantitative estimate of drug-likeness (QED) is 0.433. The lowest BCUT2D eigenvalue weighted by molar-refractivity contribution is -0.119. The second kappa shape index (κ2) is 8.63. The number of thioether (sulfide) groups is 1. The number of halogens is 1. The number of carbonyl (C=O) groups is 1. The fraction of sp³-hybridized carbons (Fsp3) is 0.421. The lowest BCUT2D eigenvalue weighted by Gasteiger charge is -2.15. The maximum atomic E-state index is 12.2. The monoisotopic (exact) mass is 421 g/mol.